The van der Waals surface area contributed by atoms with E-state index in [9.17, 15) is 5.11 Å². The molecule has 1 aromatic carbocycles. The van der Waals surface area contributed by atoms with Crippen LogP contribution in [0.2, 0.25) is 0 Å². The van der Waals surface area contributed by atoms with Gasteiger partial charge < -0.3 is 5.11 Å². The van der Waals surface area contributed by atoms with Crippen molar-refractivity contribution < 1.29 is 5.11 Å². The second-order valence-electron chi connectivity index (χ2n) is 8.48. The van der Waals surface area contributed by atoms with Crippen LogP contribution in [0.3, 0.4) is 0 Å². The number of nitrogens with zero attached hydrogens (tertiary/aromatic N) is 2. The van der Waals surface area contributed by atoms with Crippen molar-refractivity contribution in [2.45, 2.75) is 56.4 Å². The molecule has 26 heavy (non-hydrogen) atoms. The Morgan fingerprint density at radius 2 is 2.12 bits per heavy atom. The summed E-state index contributed by atoms with van der Waals surface area (Å²) in [5.41, 5.74) is 4.47. The fraction of sp³-hybridized carbons (Fsp3) is 0.522. The Labute approximate surface area is 156 Å². The number of pyridine rings is 1. The predicted molar refractivity (Wildman–Crippen MR) is 103 cm³/mol. The summed E-state index contributed by atoms with van der Waals surface area (Å²) in [4.78, 5) is 7.26. The van der Waals surface area contributed by atoms with Gasteiger partial charge in [-0.2, -0.15) is 0 Å². The Morgan fingerprint density at radius 3 is 3.00 bits per heavy atom. The third kappa shape index (κ3) is 2.56. The quantitative estimate of drug-likeness (QED) is 0.908. The molecule has 3 atom stereocenters. The van der Waals surface area contributed by atoms with Crippen molar-refractivity contribution in [2.75, 3.05) is 13.1 Å². The van der Waals surface area contributed by atoms with Gasteiger partial charge in [0.1, 0.15) is 5.75 Å². The molecule has 0 amide bonds. The van der Waals surface area contributed by atoms with Gasteiger partial charge in [-0.25, -0.2) is 0 Å². The average Bonchev–Trinajstić information content (AvgIpc) is 2.69. The number of hydrogen-bond donors (Lipinski definition) is 1. The predicted octanol–water partition coefficient (Wildman–Crippen LogP) is 4.09. The molecular weight excluding hydrogens is 320 g/mol. The van der Waals surface area contributed by atoms with Crippen LogP contribution in [0.15, 0.2) is 42.6 Å². The van der Waals surface area contributed by atoms with Crippen LogP contribution in [0.5, 0.6) is 5.75 Å². The Hall–Kier alpha value is -1.87. The van der Waals surface area contributed by atoms with Crippen molar-refractivity contribution in [2.24, 2.45) is 5.92 Å². The average molecular weight is 348 g/mol. The first-order valence-corrected chi connectivity index (χ1v) is 10.2. The first kappa shape index (κ1) is 16.3. The van der Waals surface area contributed by atoms with E-state index >= 15 is 0 Å². The lowest BCUT2D eigenvalue weighted by atomic mass is 9.52. The van der Waals surface area contributed by atoms with Crippen molar-refractivity contribution in [1.82, 2.24) is 9.88 Å². The standard InChI is InChI=1S/C23H28N2O/c26-19-8-7-17-15-22-20-6-1-3-10-23(20,21(17)16-19)11-14-25(22)13-9-18-5-2-4-12-24-18/h2,4-5,7-8,12,16,20,22,26H,1,3,6,9-11,13-15H2/t20-,22+,23+/m0/s1. The van der Waals surface area contributed by atoms with Crippen molar-refractivity contribution in [3.63, 3.8) is 0 Å². The number of fused-ring (bicyclic) bond motifs is 1. The monoisotopic (exact) mass is 348 g/mol. The minimum Gasteiger partial charge on any atom is -0.508 e. The Balaban J connectivity index is 1.45. The highest BCUT2D eigenvalue weighted by Gasteiger charge is 2.53. The molecule has 5 rings (SSSR count). The van der Waals surface area contributed by atoms with Gasteiger partial charge in [0.25, 0.3) is 0 Å². The van der Waals surface area contributed by atoms with Gasteiger partial charge >= 0.3 is 0 Å². The second-order valence-corrected chi connectivity index (χ2v) is 8.48. The highest BCUT2D eigenvalue weighted by atomic mass is 16.3. The molecule has 0 radical (unpaired) electrons. The minimum atomic E-state index is 0.316. The topological polar surface area (TPSA) is 36.4 Å². The number of likely N-dealkylation sites (tertiary alicyclic amines) is 1. The molecule has 2 aliphatic carbocycles. The van der Waals surface area contributed by atoms with Crippen molar-refractivity contribution in [1.29, 1.82) is 0 Å². The molecule has 1 saturated heterocycles. The van der Waals surface area contributed by atoms with E-state index < -0.39 is 0 Å². The second kappa shape index (κ2) is 6.38. The first-order chi connectivity index (χ1) is 12.8. The van der Waals surface area contributed by atoms with E-state index in [0.717, 1.165) is 25.3 Å². The van der Waals surface area contributed by atoms with E-state index in [1.165, 1.54) is 55.5 Å². The SMILES string of the molecule is Oc1ccc2c(c1)[C@@]13CCCC[C@H]1[C@@H](C2)N(CCc1ccccn1)CC3. The van der Waals surface area contributed by atoms with E-state index in [1.54, 1.807) is 0 Å². The van der Waals surface area contributed by atoms with Gasteiger partial charge in [-0.1, -0.05) is 25.0 Å². The highest BCUT2D eigenvalue weighted by molar-refractivity contribution is 5.45. The van der Waals surface area contributed by atoms with Crippen LogP contribution in [-0.4, -0.2) is 34.1 Å². The summed E-state index contributed by atoms with van der Waals surface area (Å²) in [5.74, 6) is 1.20. The molecule has 1 aliphatic heterocycles. The number of piperidine rings is 1. The lowest BCUT2D eigenvalue weighted by molar-refractivity contribution is -0.0107. The van der Waals surface area contributed by atoms with Crippen LogP contribution in [0.25, 0.3) is 0 Å². The van der Waals surface area contributed by atoms with E-state index in [-0.39, 0.29) is 0 Å². The third-order valence-electron chi connectivity index (χ3n) is 7.32. The van der Waals surface area contributed by atoms with Gasteiger partial charge in [0.2, 0.25) is 0 Å². The maximum absolute atomic E-state index is 10.1. The van der Waals surface area contributed by atoms with Gasteiger partial charge in [0.15, 0.2) is 0 Å². The number of phenolic OH excluding ortho intramolecular Hbond substituents is 1. The lowest BCUT2D eigenvalue weighted by Crippen LogP contribution is -2.61. The van der Waals surface area contributed by atoms with E-state index in [1.807, 2.05) is 18.3 Å². The van der Waals surface area contributed by atoms with Gasteiger partial charge in [0, 0.05) is 36.3 Å². The number of hydrogen-bond acceptors (Lipinski definition) is 3. The van der Waals surface area contributed by atoms with Crippen LogP contribution in [0.1, 0.15) is 48.9 Å². The van der Waals surface area contributed by atoms with Gasteiger partial charge in [-0.05, 0) is 73.5 Å². The summed E-state index contributed by atoms with van der Waals surface area (Å²) in [5, 5.41) is 10.1. The van der Waals surface area contributed by atoms with Crippen LogP contribution >= 0.6 is 0 Å². The van der Waals surface area contributed by atoms with Crippen LogP contribution in [-0.2, 0) is 18.3 Å². The molecule has 0 spiro atoms. The lowest BCUT2D eigenvalue weighted by Gasteiger charge is -2.59. The van der Waals surface area contributed by atoms with E-state index in [2.05, 4.69) is 34.1 Å². The molecule has 2 fully saturated rings. The smallest absolute Gasteiger partial charge is 0.115 e. The normalized spacial score (nSPS) is 30.5. The molecule has 136 valence electrons. The fourth-order valence-electron chi connectivity index (χ4n) is 6.15. The maximum atomic E-state index is 10.1. The van der Waals surface area contributed by atoms with Crippen molar-refractivity contribution in [3.8, 4) is 5.75 Å². The number of phenols is 1. The van der Waals surface area contributed by atoms with Crippen molar-refractivity contribution in [3.05, 3.63) is 59.4 Å². The maximum Gasteiger partial charge on any atom is 0.115 e. The molecule has 2 bridgehead atoms. The number of aromatic hydroxyl groups is 1. The number of rotatable bonds is 3. The molecule has 3 nitrogen and oxygen atoms in total. The molecule has 2 aromatic rings. The van der Waals surface area contributed by atoms with Crippen LogP contribution in [0.4, 0.5) is 0 Å². The summed E-state index contributed by atoms with van der Waals surface area (Å²) in [6, 6.07) is 13.0. The van der Waals surface area contributed by atoms with Crippen LogP contribution in [0, 0.1) is 5.92 Å². The molecule has 0 unspecified atom stereocenters. The van der Waals surface area contributed by atoms with Crippen molar-refractivity contribution >= 4 is 0 Å². The van der Waals surface area contributed by atoms with Gasteiger partial charge in [0.05, 0.1) is 0 Å². The van der Waals surface area contributed by atoms with Crippen LogP contribution < -0.4 is 0 Å². The van der Waals surface area contributed by atoms with Gasteiger partial charge in [-0.15, -0.1) is 0 Å². The van der Waals surface area contributed by atoms with E-state index in [0.29, 0.717) is 17.2 Å². The molecule has 3 heteroatoms. The molecule has 1 N–H and O–H groups in total. The highest BCUT2D eigenvalue weighted by Crippen LogP contribution is 2.56. The summed E-state index contributed by atoms with van der Waals surface area (Å²) < 4.78 is 0. The Morgan fingerprint density at radius 1 is 1.15 bits per heavy atom. The zero-order chi connectivity index (χ0) is 17.6. The summed E-state index contributed by atoms with van der Waals surface area (Å²) in [7, 11) is 0. The zero-order valence-electron chi connectivity index (χ0n) is 15.4. The zero-order valence-corrected chi connectivity index (χ0v) is 15.4. The summed E-state index contributed by atoms with van der Waals surface area (Å²) in [6.45, 7) is 2.30. The first-order valence-electron chi connectivity index (χ1n) is 10.2. The molecule has 2 heterocycles. The Bertz CT molecular complexity index is 790. The molecule has 1 aromatic heterocycles. The largest absolute Gasteiger partial charge is 0.508 e. The molecule has 1 saturated carbocycles. The minimum absolute atomic E-state index is 0.316. The Kier molecular flexibility index (Phi) is 4.00. The summed E-state index contributed by atoms with van der Waals surface area (Å²) >= 11 is 0. The third-order valence-corrected chi connectivity index (χ3v) is 7.32. The fourth-order valence-corrected chi connectivity index (χ4v) is 6.15. The van der Waals surface area contributed by atoms with Gasteiger partial charge in [-0.3, -0.25) is 9.88 Å². The molecule has 3 aliphatic rings. The summed E-state index contributed by atoms with van der Waals surface area (Å²) in [6.07, 6.45) is 10.7. The number of benzene rings is 1. The van der Waals surface area contributed by atoms with E-state index in [4.69, 9.17) is 0 Å². The molecular formula is C23H28N2O. The number of aromatic nitrogens is 1.